The number of nitrogens with zero attached hydrogens (tertiary/aromatic N) is 2. The van der Waals surface area contributed by atoms with Crippen molar-refractivity contribution in [1.82, 2.24) is 4.90 Å². The van der Waals surface area contributed by atoms with Gasteiger partial charge in [0.2, 0.25) is 0 Å². The SMILES string of the molecule is Cc1ccc(C)c(N2C(=O)c3ccc(C(=O)N4CC=C(c5ccc(O)cc5)CC4)cc3C2=O)c1. The number of fused-ring (bicyclic) bond motifs is 1. The second-order valence-corrected chi connectivity index (χ2v) is 8.77. The van der Waals surface area contributed by atoms with Gasteiger partial charge in [0.1, 0.15) is 5.75 Å². The van der Waals surface area contributed by atoms with Gasteiger partial charge < -0.3 is 10.0 Å². The van der Waals surface area contributed by atoms with Crippen molar-refractivity contribution in [2.24, 2.45) is 0 Å². The lowest BCUT2D eigenvalue weighted by atomic mass is 9.98. The van der Waals surface area contributed by atoms with E-state index in [1.807, 2.05) is 50.3 Å². The Kier molecular flexibility index (Phi) is 5.28. The van der Waals surface area contributed by atoms with Crippen LogP contribution in [-0.4, -0.2) is 40.8 Å². The molecule has 0 saturated carbocycles. The minimum Gasteiger partial charge on any atom is -0.508 e. The fourth-order valence-electron chi connectivity index (χ4n) is 4.53. The van der Waals surface area contributed by atoms with Crippen LogP contribution in [0.1, 0.15) is 54.2 Å². The standard InChI is InChI=1S/C28H24N2O4/c1-17-3-4-18(2)25(15-17)30-27(33)23-10-7-21(16-24(23)28(30)34)26(32)29-13-11-20(12-14-29)19-5-8-22(31)9-6-19/h3-11,15-16,31H,12-14H2,1-2H3. The molecule has 2 aliphatic rings. The summed E-state index contributed by atoms with van der Waals surface area (Å²) in [6.45, 7) is 4.78. The number of aromatic hydroxyl groups is 1. The normalized spacial score (nSPS) is 15.4. The zero-order valence-corrected chi connectivity index (χ0v) is 19.0. The van der Waals surface area contributed by atoms with Crippen LogP contribution in [-0.2, 0) is 0 Å². The predicted molar refractivity (Wildman–Crippen MR) is 130 cm³/mol. The molecular formula is C28H24N2O4. The van der Waals surface area contributed by atoms with Gasteiger partial charge in [0, 0.05) is 18.7 Å². The van der Waals surface area contributed by atoms with Gasteiger partial charge in [-0.05, 0) is 78.9 Å². The maximum Gasteiger partial charge on any atom is 0.266 e. The van der Waals surface area contributed by atoms with Crippen LogP contribution in [0.15, 0.2) is 66.7 Å². The molecule has 6 heteroatoms. The summed E-state index contributed by atoms with van der Waals surface area (Å²) in [5.74, 6) is -0.726. The first-order valence-corrected chi connectivity index (χ1v) is 11.2. The Morgan fingerprint density at radius 3 is 2.32 bits per heavy atom. The first-order chi connectivity index (χ1) is 16.3. The summed E-state index contributed by atoms with van der Waals surface area (Å²) in [6, 6.07) is 17.4. The second kappa shape index (κ2) is 8.30. The van der Waals surface area contributed by atoms with Gasteiger partial charge in [-0.2, -0.15) is 0 Å². The van der Waals surface area contributed by atoms with Crippen LogP contribution < -0.4 is 4.90 Å². The Morgan fingerprint density at radius 2 is 1.62 bits per heavy atom. The number of carbonyl (C=O) groups is 3. The first-order valence-electron chi connectivity index (χ1n) is 11.2. The van der Waals surface area contributed by atoms with E-state index in [4.69, 9.17) is 0 Å². The van der Waals surface area contributed by atoms with Crippen molar-refractivity contribution in [1.29, 1.82) is 0 Å². The van der Waals surface area contributed by atoms with Gasteiger partial charge in [-0.3, -0.25) is 14.4 Å². The number of benzene rings is 3. The molecule has 0 saturated heterocycles. The molecule has 3 aromatic carbocycles. The number of hydrogen-bond acceptors (Lipinski definition) is 4. The molecule has 2 heterocycles. The van der Waals surface area contributed by atoms with Crippen molar-refractivity contribution in [2.45, 2.75) is 20.3 Å². The van der Waals surface area contributed by atoms with E-state index in [-0.39, 0.29) is 23.1 Å². The van der Waals surface area contributed by atoms with E-state index in [2.05, 4.69) is 0 Å². The van der Waals surface area contributed by atoms with Crippen LogP contribution in [0.5, 0.6) is 5.75 Å². The first kappa shape index (κ1) is 21.6. The third-order valence-corrected chi connectivity index (χ3v) is 6.47. The number of anilines is 1. The van der Waals surface area contributed by atoms with Crippen molar-refractivity contribution in [2.75, 3.05) is 18.0 Å². The molecule has 0 radical (unpaired) electrons. The summed E-state index contributed by atoms with van der Waals surface area (Å²) < 4.78 is 0. The number of imide groups is 1. The topological polar surface area (TPSA) is 77.9 Å². The zero-order valence-electron chi connectivity index (χ0n) is 19.0. The van der Waals surface area contributed by atoms with Crippen molar-refractivity contribution < 1.29 is 19.5 Å². The molecule has 170 valence electrons. The molecule has 2 aliphatic heterocycles. The molecule has 34 heavy (non-hydrogen) atoms. The molecule has 0 spiro atoms. The van der Waals surface area contributed by atoms with Crippen LogP contribution in [0.2, 0.25) is 0 Å². The van der Waals surface area contributed by atoms with E-state index < -0.39 is 5.91 Å². The third-order valence-electron chi connectivity index (χ3n) is 6.47. The average molecular weight is 453 g/mol. The van der Waals surface area contributed by atoms with E-state index in [1.165, 1.54) is 4.90 Å². The van der Waals surface area contributed by atoms with E-state index in [9.17, 15) is 19.5 Å². The minimum absolute atomic E-state index is 0.172. The number of hydrogen-bond donors (Lipinski definition) is 1. The maximum atomic E-state index is 13.2. The summed E-state index contributed by atoms with van der Waals surface area (Å²) in [5, 5.41) is 9.48. The number of carbonyl (C=O) groups excluding carboxylic acids is 3. The highest BCUT2D eigenvalue weighted by molar-refractivity contribution is 6.35. The lowest BCUT2D eigenvalue weighted by Gasteiger charge is -2.27. The molecule has 6 nitrogen and oxygen atoms in total. The zero-order chi connectivity index (χ0) is 24.0. The molecule has 0 aromatic heterocycles. The van der Waals surface area contributed by atoms with Crippen LogP contribution in [0.4, 0.5) is 5.69 Å². The fourth-order valence-corrected chi connectivity index (χ4v) is 4.53. The van der Waals surface area contributed by atoms with Gasteiger partial charge in [0.15, 0.2) is 0 Å². The van der Waals surface area contributed by atoms with Crippen LogP contribution in [0.25, 0.3) is 5.57 Å². The second-order valence-electron chi connectivity index (χ2n) is 8.77. The molecular weight excluding hydrogens is 428 g/mol. The lowest BCUT2D eigenvalue weighted by molar-refractivity contribution is 0.0772. The highest BCUT2D eigenvalue weighted by Gasteiger charge is 2.38. The Morgan fingerprint density at radius 1 is 0.882 bits per heavy atom. The number of amides is 3. The highest BCUT2D eigenvalue weighted by Crippen LogP contribution is 2.32. The Bertz CT molecular complexity index is 1370. The molecule has 0 atom stereocenters. The summed E-state index contributed by atoms with van der Waals surface area (Å²) in [5.41, 5.74) is 5.48. The van der Waals surface area contributed by atoms with Crippen molar-refractivity contribution in [3.8, 4) is 5.75 Å². The van der Waals surface area contributed by atoms with Gasteiger partial charge >= 0.3 is 0 Å². The van der Waals surface area contributed by atoms with E-state index in [1.54, 1.807) is 35.2 Å². The quantitative estimate of drug-likeness (QED) is 0.583. The Hall–Kier alpha value is -4.19. The van der Waals surface area contributed by atoms with Crippen LogP contribution in [0.3, 0.4) is 0 Å². The van der Waals surface area contributed by atoms with Gasteiger partial charge in [-0.25, -0.2) is 4.90 Å². The highest BCUT2D eigenvalue weighted by atomic mass is 16.3. The monoisotopic (exact) mass is 452 g/mol. The number of phenols is 1. The number of aryl methyl sites for hydroxylation is 2. The lowest BCUT2D eigenvalue weighted by Crippen LogP contribution is -2.34. The van der Waals surface area contributed by atoms with Gasteiger partial charge in [-0.15, -0.1) is 0 Å². The smallest absolute Gasteiger partial charge is 0.266 e. The summed E-state index contributed by atoms with van der Waals surface area (Å²) in [7, 11) is 0. The molecule has 0 unspecified atom stereocenters. The summed E-state index contributed by atoms with van der Waals surface area (Å²) in [6.07, 6.45) is 2.71. The largest absolute Gasteiger partial charge is 0.508 e. The van der Waals surface area contributed by atoms with E-state index in [0.29, 0.717) is 36.3 Å². The minimum atomic E-state index is -0.406. The fraction of sp³-hybridized carbons (Fsp3) is 0.179. The molecule has 0 bridgehead atoms. The van der Waals surface area contributed by atoms with Crippen molar-refractivity contribution in [3.05, 3.63) is 100 Å². The van der Waals surface area contributed by atoms with Crippen LogP contribution in [0, 0.1) is 13.8 Å². The van der Waals surface area contributed by atoms with E-state index >= 15 is 0 Å². The van der Waals surface area contributed by atoms with Crippen LogP contribution >= 0.6 is 0 Å². The Balaban J connectivity index is 1.38. The number of rotatable bonds is 3. The summed E-state index contributed by atoms with van der Waals surface area (Å²) >= 11 is 0. The van der Waals surface area contributed by atoms with Gasteiger partial charge in [-0.1, -0.05) is 30.3 Å². The molecule has 5 rings (SSSR count). The van der Waals surface area contributed by atoms with E-state index in [0.717, 1.165) is 22.3 Å². The third kappa shape index (κ3) is 3.67. The van der Waals surface area contributed by atoms with Crippen molar-refractivity contribution in [3.63, 3.8) is 0 Å². The average Bonchev–Trinajstić information content (AvgIpc) is 3.10. The number of phenolic OH excluding ortho intramolecular Hbond substituents is 1. The van der Waals surface area contributed by atoms with Gasteiger partial charge in [0.25, 0.3) is 17.7 Å². The molecule has 3 aromatic rings. The maximum absolute atomic E-state index is 13.2. The molecule has 3 amide bonds. The Labute approximate surface area is 197 Å². The van der Waals surface area contributed by atoms with Gasteiger partial charge in [0.05, 0.1) is 16.8 Å². The predicted octanol–water partition coefficient (Wildman–Crippen LogP) is 4.74. The molecule has 0 fully saturated rings. The van der Waals surface area contributed by atoms with Crippen molar-refractivity contribution >= 4 is 29.0 Å². The molecule has 1 N–H and O–H groups in total. The summed E-state index contributed by atoms with van der Waals surface area (Å²) in [4.78, 5) is 42.3. The molecule has 0 aliphatic carbocycles.